The van der Waals surface area contributed by atoms with Crippen LogP contribution in [0, 0.1) is 0 Å². The number of nitrogens with zero attached hydrogens (tertiary/aromatic N) is 1. The van der Waals surface area contributed by atoms with Crippen molar-refractivity contribution in [2.75, 3.05) is 0 Å². The van der Waals surface area contributed by atoms with E-state index in [4.69, 9.17) is 0 Å². The molecule has 0 atom stereocenters. The molecular formula is C7H12KNO2. The summed E-state index contributed by atoms with van der Waals surface area (Å²) in [5.41, 5.74) is -0.750. The molecule has 11 heavy (non-hydrogen) atoms. The molecule has 0 saturated carbocycles. The Morgan fingerprint density at radius 2 is 1.82 bits per heavy atom. The van der Waals surface area contributed by atoms with Gasteiger partial charge in [0.1, 0.15) is 6.26 Å². The molecule has 1 rings (SSSR count). The van der Waals surface area contributed by atoms with E-state index in [-0.39, 0.29) is 51.4 Å². The number of oxazole rings is 1. The number of rotatable bonds is 0. The van der Waals surface area contributed by atoms with E-state index in [1.807, 2.05) is 0 Å². The molecule has 0 saturated heterocycles. The smallest absolute Gasteiger partial charge is 0.850 e. The van der Waals surface area contributed by atoms with E-state index in [1.54, 1.807) is 27.0 Å². The zero-order valence-corrected chi connectivity index (χ0v) is 10.6. The van der Waals surface area contributed by atoms with Crippen molar-refractivity contribution >= 4 is 0 Å². The Hall–Kier alpha value is 0.806. The molecule has 0 bridgehead atoms. The summed E-state index contributed by atoms with van der Waals surface area (Å²) in [5, 5.41) is 10.1. The molecule has 0 fully saturated rings. The molecule has 0 spiro atoms. The molecule has 0 N–H and O–H groups in total. The average molecular weight is 181 g/mol. The van der Waals surface area contributed by atoms with Crippen molar-refractivity contribution in [3.8, 4) is 0 Å². The van der Waals surface area contributed by atoms with Crippen LogP contribution < -0.4 is 56.5 Å². The Labute approximate surface area is 110 Å². The first-order chi connectivity index (χ1) is 4.50. The van der Waals surface area contributed by atoms with Crippen LogP contribution in [0.5, 0.6) is 0 Å². The minimum atomic E-state index is -0.750. The van der Waals surface area contributed by atoms with E-state index in [1.165, 1.54) is 12.7 Å². The van der Waals surface area contributed by atoms with Crippen LogP contribution in [0.2, 0.25) is 0 Å². The van der Waals surface area contributed by atoms with Crippen molar-refractivity contribution in [1.29, 1.82) is 0 Å². The van der Waals surface area contributed by atoms with Gasteiger partial charge in [0, 0.05) is 0 Å². The molecule has 0 amide bonds. The molecule has 1 aromatic heterocycles. The molecule has 0 unspecified atom stereocenters. The Kier molecular flexibility index (Phi) is 9.72. The molecule has 4 heteroatoms. The molecule has 0 aliphatic carbocycles. The maximum atomic E-state index is 10.1. The van der Waals surface area contributed by atoms with Gasteiger partial charge in [-0.3, -0.25) is 0 Å². The maximum Gasteiger partial charge on any atom is 1.00 e. The molecule has 1 aromatic rings. The van der Waals surface area contributed by atoms with Gasteiger partial charge in [-0.1, -0.05) is 20.8 Å². The fraction of sp³-hybridized carbons (Fsp3) is 0.571. The summed E-state index contributed by atoms with van der Waals surface area (Å²) in [7, 11) is 0. The molecule has 0 aliphatic rings. The van der Waals surface area contributed by atoms with Crippen LogP contribution >= 0.6 is 0 Å². The third-order valence-corrected chi connectivity index (χ3v) is 0.347. The molecular weight excluding hydrogens is 169 g/mol. The Bertz CT molecular complexity index is 123. The fourth-order valence-corrected chi connectivity index (χ4v) is 0.176. The van der Waals surface area contributed by atoms with Crippen LogP contribution in [0.4, 0.5) is 0 Å². The van der Waals surface area contributed by atoms with Gasteiger partial charge in [-0.25, -0.2) is 4.98 Å². The van der Waals surface area contributed by atoms with Gasteiger partial charge < -0.3 is 9.52 Å². The van der Waals surface area contributed by atoms with Crippen molar-refractivity contribution in [2.24, 2.45) is 0 Å². The topological polar surface area (TPSA) is 49.1 Å². The third kappa shape index (κ3) is 24.9. The normalized spacial score (nSPS) is 9.09. The maximum absolute atomic E-state index is 10.1. The van der Waals surface area contributed by atoms with Gasteiger partial charge in [-0.2, -0.15) is 0 Å². The minimum Gasteiger partial charge on any atom is -0.850 e. The van der Waals surface area contributed by atoms with E-state index in [9.17, 15) is 5.11 Å². The van der Waals surface area contributed by atoms with E-state index in [2.05, 4.69) is 9.40 Å². The van der Waals surface area contributed by atoms with Gasteiger partial charge in [0.2, 0.25) is 0 Å². The summed E-state index contributed by atoms with van der Waals surface area (Å²) in [6.45, 7) is 4.90. The van der Waals surface area contributed by atoms with Crippen LogP contribution in [0.25, 0.3) is 0 Å². The van der Waals surface area contributed by atoms with Crippen molar-refractivity contribution < 1.29 is 60.9 Å². The van der Waals surface area contributed by atoms with Crippen molar-refractivity contribution in [3.63, 3.8) is 0 Å². The molecule has 1 heterocycles. The van der Waals surface area contributed by atoms with Gasteiger partial charge in [0.25, 0.3) is 0 Å². The van der Waals surface area contributed by atoms with Gasteiger partial charge in [-0.05, 0) is 0 Å². The Morgan fingerprint density at radius 3 is 1.91 bits per heavy atom. The zero-order valence-electron chi connectivity index (χ0n) is 7.50. The van der Waals surface area contributed by atoms with Crippen molar-refractivity contribution in [2.45, 2.75) is 26.4 Å². The van der Waals surface area contributed by atoms with Crippen LogP contribution in [-0.4, -0.2) is 10.6 Å². The summed E-state index contributed by atoms with van der Waals surface area (Å²) < 4.78 is 4.47. The van der Waals surface area contributed by atoms with Crippen LogP contribution in [0.3, 0.4) is 0 Å². The third-order valence-electron chi connectivity index (χ3n) is 0.347. The molecule has 0 aromatic carbocycles. The largest absolute Gasteiger partial charge is 1.00 e. The van der Waals surface area contributed by atoms with Gasteiger partial charge in [0.15, 0.2) is 6.39 Å². The first-order valence-electron chi connectivity index (χ1n) is 3.03. The monoisotopic (exact) mass is 181 g/mol. The Balaban J connectivity index is 0. The summed E-state index contributed by atoms with van der Waals surface area (Å²) in [6, 6.07) is 0. The second-order valence-electron chi connectivity index (χ2n) is 2.79. The van der Waals surface area contributed by atoms with E-state index >= 15 is 0 Å². The van der Waals surface area contributed by atoms with Gasteiger partial charge >= 0.3 is 51.4 Å². The number of hydrogen-bond donors (Lipinski definition) is 0. The average Bonchev–Trinajstić information content (AvgIpc) is 2.07. The van der Waals surface area contributed by atoms with Crippen molar-refractivity contribution in [3.05, 3.63) is 18.9 Å². The van der Waals surface area contributed by atoms with E-state index < -0.39 is 5.60 Å². The van der Waals surface area contributed by atoms with Crippen LogP contribution in [0.1, 0.15) is 20.8 Å². The predicted molar refractivity (Wildman–Crippen MR) is 36.3 cm³/mol. The van der Waals surface area contributed by atoms with E-state index in [0.29, 0.717) is 0 Å². The number of aromatic nitrogens is 1. The standard InChI is InChI=1S/C4H9O.C3H3NO.K/c1-4(2,3)5;1-2-5-3-4-1;/h1-3H3;1-3H;/q-1;;+1. The van der Waals surface area contributed by atoms with Crippen LogP contribution in [0.15, 0.2) is 23.3 Å². The zero-order chi connectivity index (χ0) is 8.04. The summed E-state index contributed by atoms with van der Waals surface area (Å²) in [5.74, 6) is 0. The number of hydrogen-bond acceptors (Lipinski definition) is 3. The fourth-order valence-electron chi connectivity index (χ4n) is 0.176. The summed E-state index contributed by atoms with van der Waals surface area (Å²) in [4.78, 5) is 3.56. The quantitative estimate of drug-likeness (QED) is 0.428. The SMILES string of the molecule is CC(C)(C)[O-].[K+].c1cocn1. The molecule has 0 radical (unpaired) electrons. The predicted octanol–water partition coefficient (Wildman–Crippen LogP) is -2.18. The van der Waals surface area contributed by atoms with Crippen molar-refractivity contribution in [1.82, 2.24) is 4.98 Å². The first-order valence-corrected chi connectivity index (χ1v) is 3.03. The molecule has 0 aliphatic heterocycles. The van der Waals surface area contributed by atoms with Gasteiger partial charge in [-0.15, -0.1) is 5.60 Å². The molecule has 58 valence electrons. The summed E-state index contributed by atoms with van der Waals surface area (Å²) >= 11 is 0. The van der Waals surface area contributed by atoms with E-state index in [0.717, 1.165) is 0 Å². The first kappa shape index (κ1) is 14.3. The summed E-state index contributed by atoms with van der Waals surface area (Å²) in [6.07, 6.45) is 4.47. The Morgan fingerprint density at radius 1 is 1.36 bits per heavy atom. The van der Waals surface area contributed by atoms with Gasteiger partial charge in [0.05, 0.1) is 6.20 Å². The second kappa shape index (κ2) is 7.46. The minimum absolute atomic E-state index is 0. The van der Waals surface area contributed by atoms with Crippen LogP contribution in [-0.2, 0) is 0 Å². The molecule has 3 nitrogen and oxygen atoms in total. The second-order valence-corrected chi connectivity index (χ2v) is 2.79.